The number of ether oxygens (including phenoxy) is 1. The highest BCUT2D eigenvalue weighted by molar-refractivity contribution is 5.84. The quantitative estimate of drug-likeness (QED) is 0.896. The largest absolute Gasteiger partial charge is 0.497 e. The van der Waals surface area contributed by atoms with Gasteiger partial charge in [0.1, 0.15) is 5.75 Å². The highest BCUT2D eigenvalue weighted by atomic mass is 16.5. The number of piperazine rings is 1. The van der Waals surface area contributed by atoms with Gasteiger partial charge in [-0.3, -0.25) is 4.79 Å². The van der Waals surface area contributed by atoms with Gasteiger partial charge in [0.15, 0.2) is 0 Å². The molecular formula is C15H22N2O2. The molecule has 0 spiro atoms. The van der Waals surface area contributed by atoms with E-state index in [4.69, 9.17) is 4.74 Å². The molecule has 0 saturated carbocycles. The molecule has 19 heavy (non-hydrogen) atoms. The lowest BCUT2D eigenvalue weighted by molar-refractivity contribution is -0.133. The van der Waals surface area contributed by atoms with Crippen LogP contribution in [0.4, 0.5) is 0 Å². The van der Waals surface area contributed by atoms with E-state index in [1.165, 1.54) is 0 Å². The summed E-state index contributed by atoms with van der Waals surface area (Å²) in [6, 6.07) is 7.83. The number of hydrogen-bond donors (Lipinski definition) is 1. The van der Waals surface area contributed by atoms with E-state index >= 15 is 0 Å². The van der Waals surface area contributed by atoms with Gasteiger partial charge in [0.2, 0.25) is 5.91 Å². The first kappa shape index (κ1) is 13.9. The molecule has 1 aromatic rings. The second-order valence-corrected chi connectivity index (χ2v) is 4.81. The number of carbonyl (C=O) groups is 1. The minimum atomic E-state index is -0.0619. The third kappa shape index (κ3) is 3.26. The van der Waals surface area contributed by atoms with Gasteiger partial charge in [0, 0.05) is 26.2 Å². The maximum absolute atomic E-state index is 12.6. The standard InChI is InChI=1S/C15H22N2O2/c1-3-14(12-5-4-6-13(11-12)19-2)15(18)17-9-7-16-8-10-17/h4-6,11,14,16H,3,7-10H2,1-2H3. The minimum Gasteiger partial charge on any atom is -0.497 e. The minimum absolute atomic E-state index is 0.0619. The Morgan fingerprint density at radius 1 is 1.42 bits per heavy atom. The van der Waals surface area contributed by atoms with Crippen LogP contribution in [0.2, 0.25) is 0 Å². The first-order valence-electron chi connectivity index (χ1n) is 6.89. The van der Waals surface area contributed by atoms with Crippen LogP contribution >= 0.6 is 0 Å². The van der Waals surface area contributed by atoms with Crippen LogP contribution in [-0.2, 0) is 4.79 Å². The molecule has 0 aliphatic carbocycles. The van der Waals surface area contributed by atoms with Crippen molar-refractivity contribution in [3.05, 3.63) is 29.8 Å². The van der Waals surface area contributed by atoms with E-state index in [-0.39, 0.29) is 11.8 Å². The fourth-order valence-corrected chi connectivity index (χ4v) is 2.52. The Morgan fingerprint density at radius 2 is 2.16 bits per heavy atom. The molecule has 1 atom stereocenters. The summed E-state index contributed by atoms with van der Waals surface area (Å²) >= 11 is 0. The Bertz CT molecular complexity index is 428. The summed E-state index contributed by atoms with van der Waals surface area (Å²) in [5.74, 6) is 0.981. The number of carbonyl (C=O) groups excluding carboxylic acids is 1. The van der Waals surface area contributed by atoms with Crippen LogP contribution in [0.25, 0.3) is 0 Å². The molecule has 4 heteroatoms. The molecule has 1 unspecified atom stereocenters. The first-order valence-corrected chi connectivity index (χ1v) is 6.89. The highest BCUT2D eigenvalue weighted by Crippen LogP contribution is 2.25. The van der Waals surface area contributed by atoms with Gasteiger partial charge in [-0.05, 0) is 24.1 Å². The number of amides is 1. The van der Waals surface area contributed by atoms with Crippen molar-refractivity contribution in [2.75, 3.05) is 33.3 Å². The van der Waals surface area contributed by atoms with Crippen LogP contribution in [-0.4, -0.2) is 44.1 Å². The average Bonchev–Trinajstić information content (AvgIpc) is 2.49. The zero-order valence-electron chi connectivity index (χ0n) is 11.7. The summed E-state index contributed by atoms with van der Waals surface area (Å²) in [6.07, 6.45) is 0.815. The van der Waals surface area contributed by atoms with Crippen LogP contribution < -0.4 is 10.1 Å². The number of nitrogens with one attached hydrogen (secondary N) is 1. The Hall–Kier alpha value is -1.55. The molecule has 1 heterocycles. The van der Waals surface area contributed by atoms with Gasteiger partial charge in [0.05, 0.1) is 13.0 Å². The van der Waals surface area contributed by atoms with Crippen molar-refractivity contribution in [1.82, 2.24) is 10.2 Å². The molecule has 1 N–H and O–H groups in total. The number of hydrogen-bond acceptors (Lipinski definition) is 3. The third-order valence-electron chi connectivity index (χ3n) is 3.63. The van der Waals surface area contributed by atoms with E-state index in [2.05, 4.69) is 12.2 Å². The molecule has 2 rings (SSSR count). The predicted octanol–water partition coefficient (Wildman–Crippen LogP) is 1.62. The predicted molar refractivity (Wildman–Crippen MR) is 75.5 cm³/mol. The highest BCUT2D eigenvalue weighted by Gasteiger charge is 2.25. The van der Waals surface area contributed by atoms with Crippen molar-refractivity contribution in [2.45, 2.75) is 19.3 Å². The van der Waals surface area contributed by atoms with Crippen LogP contribution in [0.1, 0.15) is 24.8 Å². The lowest BCUT2D eigenvalue weighted by Crippen LogP contribution is -2.48. The summed E-state index contributed by atoms with van der Waals surface area (Å²) in [4.78, 5) is 14.5. The Morgan fingerprint density at radius 3 is 2.79 bits per heavy atom. The lowest BCUT2D eigenvalue weighted by atomic mass is 9.94. The van der Waals surface area contributed by atoms with Crippen LogP contribution in [0.5, 0.6) is 5.75 Å². The topological polar surface area (TPSA) is 41.6 Å². The van der Waals surface area contributed by atoms with E-state index in [1.54, 1.807) is 7.11 Å². The van der Waals surface area contributed by atoms with E-state index < -0.39 is 0 Å². The fourth-order valence-electron chi connectivity index (χ4n) is 2.52. The number of nitrogens with zero attached hydrogens (tertiary/aromatic N) is 1. The summed E-state index contributed by atoms with van der Waals surface area (Å²) in [5.41, 5.74) is 1.05. The third-order valence-corrected chi connectivity index (χ3v) is 3.63. The summed E-state index contributed by atoms with van der Waals surface area (Å²) < 4.78 is 5.24. The van der Waals surface area contributed by atoms with Crippen molar-refractivity contribution < 1.29 is 9.53 Å². The van der Waals surface area contributed by atoms with Gasteiger partial charge in [-0.2, -0.15) is 0 Å². The van der Waals surface area contributed by atoms with Gasteiger partial charge in [0.25, 0.3) is 0 Å². The van der Waals surface area contributed by atoms with Crippen molar-refractivity contribution in [1.29, 1.82) is 0 Å². The van der Waals surface area contributed by atoms with Gasteiger partial charge < -0.3 is 15.0 Å². The number of rotatable bonds is 4. The molecule has 0 radical (unpaired) electrons. The molecule has 4 nitrogen and oxygen atoms in total. The molecule has 1 fully saturated rings. The number of benzene rings is 1. The Balaban J connectivity index is 2.15. The normalized spacial score (nSPS) is 17.1. The fraction of sp³-hybridized carbons (Fsp3) is 0.533. The van der Waals surface area contributed by atoms with E-state index in [1.807, 2.05) is 29.2 Å². The summed E-state index contributed by atoms with van der Waals surface area (Å²) in [5, 5.41) is 3.27. The van der Waals surface area contributed by atoms with Crippen LogP contribution in [0, 0.1) is 0 Å². The van der Waals surface area contributed by atoms with E-state index in [0.717, 1.165) is 43.9 Å². The van der Waals surface area contributed by atoms with Crippen LogP contribution in [0.3, 0.4) is 0 Å². The van der Waals surface area contributed by atoms with Crippen LogP contribution in [0.15, 0.2) is 24.3 Å². The Kier molecular flexibility index (Phi) is 4.80. The molecule has 1 aliphatic heterocycles. The molecule has 0 bridgehead atoms. The second kappa shape index (κ2) is 6.57. The molecule has 1 aromatic carbocycles. The molecule has 1 aliphatic rings. The SMILES string of the molecule is CCC(C(=O)N1CCNCC1)c1cccc(OC)c1. The molecule has 104 valence electrons. The van der Waals surface area contributed by atoms with Gasteiger partial charge in [-0.15, -0.1) is 0 Å². The Labute approximate surface area is 114 Å². The summed E-state index contributed by atoms with van der Waals surface area (Å²) in [7, 11) is 1.65. The maximum Gasteiger partial charge on any atom is 0.230 e. The molecule has 0 aromatic heterocycles. The van der Waals surface area contributed by atoms with Crippen molar-refractivity contribution in [2.24, 2.45) is 0 Å². The first-order chi connectivity index (χ1) is 9.26. The zero-order chi connectivity index (χ0) is 13.7. The van der Waals surface area contributed by atoms with Crippen molar-refractivity contribution in [3.8, 4) is 5.75 Å². The number of methoxy groups -OCH3 is 1. The lowest BCUT2D eigenvalue weighted by Gasteiger charge is -2.30. The summed E-state index contributed by atoms with van der Waals surface area (Å²) in [6.45, 7) is 5.45. The molecule has 1 saturated heterocycles. The van der Waals surface area contributed by atoms with Gasteiger partial charge in [-0.1, -0.05) is 19.1 Å². The van der Waals surface area contributed by atoms with Crippen molar-refractivity contribution >= 4 is 5.91 Å². The second-order valence-electron chi connectivity index (χ2n) is 4.81. The van der Waals surface area contributed by atoms with Gasteiger partial charge in [-0.25, -0.2) is 0 Å². The van der Waals surface area contributed by atoms with E-state index in [9.17, 15) is 4.79 Å². The smallest absolute Gasteiger partial charge is 0.230 e. The molecular weight excluding hydrogens is 240 g/mol. The van der Waals surface area contributed by atoms with Crippen molar-refractivity contribution in [3.63, 3.8) is 0 Å². The van der Waals surface area contributed by atoms with Gasteiger partial charge >= 0.3 is 0 Å². The monoisotopic (exact) mass is 262 g/mol. The van der Waals surface area contributed by atoms with E-state index in [0.29, 0.717) is 0 Å². The zero-order valence-corrected chi connectivity index (χ0v) is 11.7. The average molecular weight is 262 g/mol. The molecule has 1 amide bonds. The maximum atomic E-state index is 12.6.